The number of carbonyl (C=O) groups is 8. The van der Waals surface area contributed by atoms with Gasteiger partial charge in [0.2, 0.25) is 5.91 Å². The number of phenols is 1. The lowest BCUT2D eigenvalue weighted by Gasteiger charge is -2.24. The number of phenolic OH excluding ortho intramolecular Hbond substituents is 1. The number of rotatable bonds is 27. The van der Waals surface area contributed by atoms with Gasteiger partial charge in [-0.2, -0.15) is 0 Å². The standard InChI is InChI=1S/C31H25I3NO4S.C31H24I3O4S.C25H14I5O2S.C25H16I2O3S/c1-19(36)18-25-27(32)26(29(34)30(28(25)33)35(3)20(2)37)31(38)39-21-14-16-24(17-15-21)40(22-10-6-4-7-11-22)23-12-8-5-9-13-23;1-19(35)17-25-28(32)26(18-20(2)36)30(34)27(29(25)33)31(37)38-21-13-15-24(16-14-21)39(22-9-5-3-6-10-22)23-11-7-4-8-12-23;26-20-19(21(27)23(29)24(30)22(20)28)25(31)32-15-11-13-18(14-12-15)33(16-7-3-1-4-8-16)17-9-5-2-6-10-17;26-21-15-16-22(27)24(28)23(21)25(29)30-17-11-13-20(14-12-17)31(18-7-3-1-4-8-18)19-9-5-2-6-10-19/h4-17H,18H2,1-3H3;3-16H,17-18H2,1-2H3;1-14H;1-16H/q3*+1;/p+1. The Hall–Kier alpha value is -5.43. The zero-order valence-electron chi connectivity index (χ0n) is 75.9. The van der Waals surface area contributed by atoms with E-state index in [-0.39, 0.29) is 103 Å². The highest BCUT2D eigenvalue weighted by Crippen LogP contribution is 2.44. The summed E-state index contributed by atoms with van der Waals surface area (Å²) in [6, 6.07) is 117. The normalized spacial score (nSPS) is 10.9. The molecule has 16 rings (SSSR count). The summed E-state index contributed by atoms with van der Waals surface area (Å²) < 4.78 is 33.8. The van der Waals surface area contributed by atoms with Crippen LogP contribution in [0.2, 0.25) is 0 Å². The molecule has 0 spiro atoms. The average Bonchev–Trinajstić information content (AvgIpc) is 0.763. The van der Waals surface area contributed by atoms with E-state index in [1.807, 2.05) is 239 Å². The summed E-state index contributed by atoms with van der Waals surface area (Å²) in [5.41, 5.74) is 4.39. The number of ketones is 3. The maximum Gasteiger partial charge on any atom is 0.348 e. The highest BCUT2D eigenvalue weighted by molar-refractivity contribution is 14.1. The van der Waals surface area contributed by atoms with Gasteiger partial charge in [0.25, 0.3) is 0 Å². The second-order valence-corrected chi connectivity index (χ2v) is 53.3. The van der Waals surface area contributed by atoms with Crippen molar-refractivity contribution in [2.24, 2.45) is 0 Å². The summed E-state index contributed by atoms with van der Waals surface area (Å²) in [5.74, 6) is -0.391. The molecule has 0 aliphatic carbocycles. The molecule has 14 nitrogen and oxygen atoms in total. The van der Waals surface area contributed by atoms with Crippen LogP contribution in [0.15, 0.2) is 411 Å². The monoisotopic (exact) mass is 3420 g/mol. The van der Waals surface area contributed by atoms with E-state index in [4.69, 9.17) is 18.9 Å². The summed E-state index contributed by atoms with van der Waals surface area (Å²) >= 11 is 28.2. The van der Waals surface area contributed by atoms with Gasteiger partial charge in [-0.25, -0.2) is 19.2 Å². The third-order valence-electron chi connectivity index (χ3n) is 21.0. The minimum absolute atomic E-state index is 0.0112. The highest BCUT2D eigenvalue weighted by atomic mass is 127. The molecule has 0 saturated heterocycles. The maximum absolute atomic E-state index is 13.6. The summed E-state index contributed by atoms with van der Waals surface area (Å²) in [7, 11) is 0.542. The molecule has 0 fully saturated rings. The molecule has 0 heterocycles. The zero-order valence-corrected chi connectivity index (χ0v) is 107. The molecule has 0 saturated carbocycles. The molecular weight excluding hydrogens is 3350 g/mol. The van der Waals surface area contributed by atoms with Crippen LogP contribution in [0, 0.1) is 46.4 Å². The van der Waals surface area contributed by atoms with Gasteiger partial charge < -0.3 is 29.0 Å². The molecular formula is C112H80I13NO13S4+4. The number of ether oxygens (including phenoxy) is 4. The molecule has 0 aliphatic heterocycles. The lowest BCUT2D eigenvalue weighted by atomic mass is 9.99. The average molecular weight is 3430 g/mol. The van der Waals surface area contributed by atoms with Crippen LogP contribution in [-0.4, -0.2) is 59.3 Å². The number of aromatic hydroxyl groups is 1. The Bertz CT molecular complexity index is 7090. The lowest BCUT2D eigenvalue weighted by molar-refractivity contribution is -0.117. The van der Waals surface area contributed by atoms with Gasteiger partial charge in [0.05, 0.1) is 73.1 Å². The first-order chi connectivity index (χ1) is 68.7. The molecule has 31 heteroatoms. The molecule has 0 aromatic heterocycles. The number of halogens is 13. The van der Waals surface area contributed by atoms with Crippen molar-refractivity contribution >= 4 is 390 Å². The zero-order chi connectivity index (χ0) is 102. The summed E-state index contributed by atoms with van der Waals surface area (Å²) in [6.45, 7) is 6.02. The number of nitrogens with zero attached hydrogens (tertiary/aromatic N) is 1. The van der Waals surface area contributed by atoms with Gasteiger partial charge in [0.15, 0.2) is 58.7 Å². The van der Waals surface area contributed by atoms with Crippen molar-refractivity contribution in [1.29, 1.82) is 0 Å². The van der Waals surface area contributed by atoms with Crippen LogP contribution < -0.4 is 23.8 Å². The van der Waals surface area contributed by atoms with E-state index in [9.17, 15) is 43.5 Å². The van der Waals surface area contributed by atoms with Crippen molar-refractivity contribution in [2.75, 3.05) is 11.9 Å². The van der Waals surface area contributed by atoms with E-state index in [0.717, 1.165) is 50.8 Å². The molecule has 16 aromatic rings. The maximum atomic E-state index is 13.6. The van der Waals surface area contributed by atoms with Crippen molar-refractivity contribution < 1.29 is 62.4 Å². The summed E-state index contributed by atoms with van der Waals surface area (Å²) in [6.07, 6.45) is 0.533. The van der Waals surface area contributed by atoms with Crippen molar-refractivity contribution in [1.82, 2.24) is 0 Å². The van der Waals surface area contributed by atoms with Crippen molar-refractivity contribution in [3.63, 3.8) is 0 Å². The Balaban J connectivity index is 0.000000161. The molecule has 0 unspecified atom stereocenters. The van der Waals surface area contributed by atoms with Crippen LogP contribution in [0.25, 0.3) is 0 Å². The second-order valence-electron chi connectivity index (χ2n) is 31.0. The van der Waals surface area contributed by atoms with Crippen LogP contribution in [-0.2, 0) is 82.0 Å². The van der Waals surface area contributed by atoms with E-state index in [2.05, 4.69) is 382 Å². The molecule has 16 aromatic carbocycles. The number of benzene rings is 16. The third-order valence-corrected chi connectivity index (χ3v) is 48.3. The van der Waals surface area contributed by atoms with Gasteiger partial charge in [-0.15, -0.1) is 0 Å². The molecule has 0 atom stereocenters. The molecule has 143 heavy (non-hydrogen) atoms. The van der Waals surface area contributed by atoms with E-state index in [1.54, 1.807) is 31.3 Å². The van der Waals surface area contributed by atoms with Crippen molar-refractivity contribution in [3.05, 3.63) is 437 Å². The predicted octanol–water partition coefficient (Wildman–Crippen LogP) is 31.9. The molecule has 0 aliphatic rings. The first-order valence-electron chi connectivity index (χ1n) is 43.1. The van der Waals surface area contributed by atoms with E-state index < -0.39 is 17.9 Å². The quantitative estimate of drug-likeness (QED) is 0.0128. The van der Waals surface area contributed by atoms with Crippen molar-refractivity contribution in [3.8, 4) is 28.7 Å². The second kappa shape index (κ2) is 55.5. The van der Waals surface area contributed by atoms with E-state index in [1.165, 1.54) is 76.7 Å². The van der Waals surface area contributed by atoms with Gasteiger partial charge in [0, 0.05) is 72.5 Å². The van der Waals surface area contributed by atoms with Crippen LogP contribution in [0.3, 0.4) is 0 Å². The van der Waals surface area contributed by atoms with Crippen LogP contribution >= 0.6 is 294 Å². The SMILES string of the molecule is CC(=O)Cc1c(I)c(C(=O)Oc2ccc([S+](c3ccccc3)c3ccccc3)cc2)c(I)c(N(C)C(C)=O)c1I.CC(=O)Cc1c(I)c(CC(C)=O)c(I)c(C(=O)Oc2ccc([S+](c3ccccc3)c3ccccc3)cc2)c1I.O=C(Oc1ccc([S+](c2ccccc2)c2ccccc2)cc1)c1c(I)c(I)c(I)c(I)c1I.O=C(Oc1ccc([S+](c2ccccc2)c2ccccc2)cc1)c1c(I)ccc(I)c1O. The summed E-state index contributed by atoms with van der Waals surface area (Å²) in [5, 5.41) is 10.3. The molecule has 1 amide bonds. The van der Waals surface area contributed by atoms with Gasteiger partial charge >= 0.3 is 23.9 Å². The lowest BCUT2D eigenvalue weighted by Crippen LogP contribution is -2.27. The Labute approximate surface area is 1020 Å². The summed E-state index contributed by atoms with van der Waals surface area (Å²) in [4.78, 5) is 117. The number of carbonyl (C=O) groups excluding carboxylic acids is 8. The van der Waals surface area contributed by atoms with Gasteiger partial charge in [-0.1, -0.05) is 146 Å². The van der Waals surface area contributed by atoms with Gasteiger partial charge in [-0.3, -0.25) is 19.2 Å². The first kappa shape index (κ1) is 115. The topological polar surface area (TPSA) is 197 Å². The van der Waals surface area contributed by atoms with Crippen LogP contribution in [0.4, 0.5) is 5.69 Å². The number of amides is 1. The molecule has 0 bridgehead atoms. The third kappa shape index (κ3) is 29.9. The minimum Gasteiger partial charge on any atom is -0.506 e. The number of hydrogen-bond donors (Lipinski definition) is 1. The molecule has 0 radical (unpaired) electrons. The Kier molecular flexibility index (Phi) is 44.6. The number of Topliss-reactive ketones (excluding diaryl/α,β-unsaturated/α-hetero) is 3. The van der Waals surface area contributed by atoms with Crippen LogP contribution in [0.1, 0.15) is 85.8 Å². The Morgan fingerprint density at radius 2 is 0.427 bits per heavy atom. The number of hydrogen-bond acceptors (Lipinski definition) is 13. The smallest absolute Gasteiger partial charge is 0.348 e. The highest BCUT2D eigenvalue weighted by Gasteiger charge is 2.37. The van der Waals surface area contributed by atoms with Gasteiger partial charge in [0.1, 0.15) is 51.7 Å². The first-order valence-corrected chi connectivity index (χ1v) is 62.1. The predicted molar refractivity (Wildman–Crippen MR) is 681 cm³/mol. The fourth-order valence-electron chi connectivity index (χ4n) is 14.3. The number of anilines is 1. The number of esters is 4. The fraction of sp³-hybridized carbons (Fsp3) is 0.0714. The largest absolute Gasteiger partial charge is 0.506 e. The van der Waals surface area contributed by atoms with Crippen LogP contribution in [0.5, 0.6) is 28.7 Å². The van der Waals surface area contributed by atoms with E-state index >= 15 is 0 Å². The van der Waals surface area contributed by atoms with Crippen molar-refractivity contribution in [2.45, 2.75) is 106 Å². The molecule has 1 N–H and O–H groups in total. The van der Waals surface area contributed by atoms with E-state index in [0.29, 0.717) is 72.4 Å². The Morgan fingerprint density at radius 3 is 0.657 bits per heavy atom. The van der Waals surface area contributed by atoms with Gasteiger partial charge in [-0.05, 0) is 537 Å². The molecule has 722 valence electrons. The minimum atomic E-state index is -0.571. The fourth-order valence-corrected chi connectivity index (χ4v) is 38.0. The Morgan fingerprint density at radius 1 is 0.231 bits per heavy atom.